The second-order valence-corrected chi connectivity index (χ2v) is 5.71. The Morgan fingerprint density at radius 2 is 1.96 bits per heavy atom. The van der Waals surface area contributed by atoms with Crippen molar-refractivity contribution in [2.75, 3.05) is 11.4 Å². The summed E-state index contributed by atoms with van der Waals surface area (Å²) in [5, 5.41) is 6.59. The predicted molar refractivity (Wildman–Crippen MR) is 99.0 cm³/mol. The number of carbonyl (C=O) groups excluding carboxylic acids is 2. The standard InChI is InChI=1S/C18H16ClN5O2/c1-2-23(18(26)21-17(25)13-7-4-3-5-8-13)15-12-24(19)22-16(15)14-9-6-10-20-11-14/h3-12H,2H2,1H3,(H,21,25,26). The van der Waals surface area contributed by atoms with Gasteiger partial charge in [0.1, 0.15) is 5.69 Å². The van der Waals surface area contributed by atoms with Gasteiger partial charge in [0.05, 0.1) is 11.9 Å². The number of rotatable bonds is 4. The summed E-state index contributed by atoms with van der Waals surface area (Å²) in [7, 11) is 0. The van der Waals surface area contributed by atoms with Gasteiger partial charge in [-0.05, 0) is 31.2 Å². The van der Waals surface area contributed by atoms with Crippen molar-refractivity contribution in [2.45, 2.75) is 6.92 Å². The highest BCUT2D eigenvalue weighted by molar-refractivity contribution is 6.15. The number of pyridine rings is 1. The molecule has 1 N–H and O–H groups in total. The average molecular weight is 370 g/mol. The zero-order valence-electron chi connectivity index (χ0n) is 14.0. The number of hydrogen-bond acceptors (Lipinski definition) is 4. The van der Waals surface area contributed by atoms with E-state index in [0.717, 1.165) is 4.20 Å². The molecule has 3 rings (SSSR count). The van der Waals surface area contributed by atoms with Crippen LogP contribution in [0.2, 0.25) is 0 Å². The number of imide groups is 1. The highest BCUT2D eigenvalue weighted by atomic mass is 35.5. The first-order chi connectivity index (χ1) is 12.6. The summed E-state index contributed by atoms with van der Waals surface area (Å²) < 4.78 is 1.10. The van der Waals surface area contributed by atoms with Crippen LogP contribution in [-0.2, 0) is 0 Å². The van der Waals surface area contributed by atoms with Gasteiger partial charge in [-0.1, -0.05) is 18.2 Å². The van der Waals surface area contributed by atoms with Crippen molar-refractivity contribution in [1.29, 1.82) is 0 Å². The van der Waals surface area contributed by atoms with E-state index < -0.39 is 11.9 Å². The molecule has 0 saturated carbocycles. The number of nitrogens with one attached hydrogen (secondary N) is 1. The first kappa shape index (κ1) is 17.6. The molecule has 26 heavy (non-hydrogen) atoms. The number of nitrogens with zero attached hydrogens (tertiary/aromatic N) is 4. The maximum Gasteiger partial charge on any atom is 0.328 e. The Morgan fingerprint density at radius 3 is 2.62 bits per heavy atom. The molecule has 3 amide bonds. The van der Waals surface area contributed by atoms with Gasteiger partial charge in [0.15, 0.2) is 0 Å². The molecule has 0 aliphatic heterocycles. The van der Waals surface area contributed by atoms with Crippen LogP contribution in [0.3, 0.4) is 0 Å². The molecule has 0 spiro atoms. The van der Waals surface area contributed by atoms with Crippen molar-refractivity contribution >= 4 is 29.4 Å². The Kier molecular flexibility index (Phi) is 5.28. The molecule has 0 unspecified atom stereocenters. The summed E-state index contributed by atoms with van der Waals surface area (Å²) in [6.07, 6.45) is 4.78. The molecule has 8 heteroatoms. The van der Waals surface area contributed by atoms with Crippen LogP contribution in [0.1, 0.15) is 17.3 Å². The summed E-state index contributed by atoms with van der Waals surface area (Å²) >= 11 is 5.98. The van der Waals surface area contributed by atoms with E-state index in [1.54, 1.807) is 55.7 Å². The van der Waals surface area contributed by atoms with Crippen LogP contribution < -0.4 is 10.2 Å². The molecule has 7 nitrogen and oxygen atoms in total. The van der Waals surface area contributed by atoms with Crippen LogP contribution in [0.25, 0.3) is 11.3 Å². The van der Waals surface area contributed by atoms with Gasteiger partial charge in [0, 0.05) is 41.8 Å². The minimum absolute atomic E-state index is 0.323. The largest absolute Gasteiger partial charge is 0.328 e. The van der Waals surface area contributed by atoms with Gasteiger partial charge in [0.2, 0.25) is 0 Å². The predicted octanol–water partition coefficient (Wildman–Crippen LogP) is 3.32. The lowest BCUT2D eigenvalue weighted by atomic mass is 10.2. The molecular weight excluding hydrogens is 354 g/mol. The summed E-state index contributed by atoms with van der Waals surface area (Å²) in [6, 6.07) is 11.6. The fourth-order valence-corrected chi connectivity index (χ4v) is 2.66. The molecule has 2 heterocycles. The second kappa shape index (κ2) is 7.79. The van der Waals surface area contributed by atoms with E-state index in [-0.39, 0.29) is 0 Å². The molecule has 132 valence electrons. The monoisotopic (exact) mass is 369 g/mol. The highest BCUT2D eigenvalue weighted by Gasteiger charge is 2.23. The van der Waals surface area contributed by atoms with Crippen LogP contribution in [0.4, 0.5) is 10.5 Å². The summed E-state index contributed by atoms with van der Waals surface area (Å²) in [5.41, 5.74) is 2.09. The lowest BCUT2D eigenvalue weighted by Crippen LogP contribution is -2.43. The van der Waals surface area contributed by atoms with Crippen molar-refractivity contribution < 1.29 is 9.59 Å². The van der Waals surface area contributed by atoms with E-state index in [1.165, 1.54) is 11.1 Å². The zero-order chi connectivity index (χ0) is 18.5. The summed E-state index contributed by atoms with van der Waals surface area (Å²) in [5.74, 6) is -0.477. The van der Waals surface area contributed by atoms with Gasteiger partial charge in [-0.2, -0.15) is 9.30 Å². The fraction of sp³-hybridized carbons (Fsp3) is 0.111. The van der Waals surface area contributed by atoms with E-state index in [2.05, 4.69) is 15.4 Å². The number of benzene rings is 1. The molecule has 0 radical (unpaired) electrons. The van der Waals surface area contributed by atoms with E-state index >= 15 is 0 Å². The molecule has 1 aromatic carbocycles. The minimum Gasteiger partial charge on any atom is -0.291 e. The number of anilines is 1. The number of halogens is 1. The Balaban J connectivity index is 1.87. The number of aromatic nitrogens is 3. The van der Waals surface area contributed by atoms with Crippen molar-refractivity contribution in [2.24, 2.45) is 0 Å². The van der Waals surface area contributed by atoms with Crippen LogP contribution >= 0.6 is 11.8 Å². The lowest BCUT2D eigenvalue weighted by molar-refractivity contribution is 0.0965. The average Bonchev–Trinajstić information content (AvgIpc) is 3.05. The zero-order valence-corrected chi connectivity index (χ0v) is 14.7. The van der Waals surface area contributed by atoms with Gasteiger partial charge in [-0.15, -0.1) is 0 Å². The third-order valence-electron chi connectivity index (χ3n) is 3.71. The molecule has 0 atom stereocenters. The normalized spacial score (nSPS) is 10.4. The fourth-order valence-electron chi connectivity index (χ4n) is 2.49. The van der Waals surface area contributed by atoms with Crippen molar-refractivity contribution in [3.8, 4) is 11.3 Å². The molecule has 0 bridgehead atoms. The first-order valence-electron chi connectivity index (χ1n) is 7.94. The number of urea groups is 1. The van der Waals surface area contributed by atoms with E-state index in [9.17, 15) is 9.59 Å². The van der Waals surface area contributed by atoms with Crippen molar-refractivity contribution in [3.63, 3.8) is 0 Å². The van der Waals surface area contributed by atoms with E-state index in [0.29, 0.717) is 29.1 Å². The van der Waals surface area contributed by atoms with Gasteiger partial charge in [0.25, 0.3) is 5.91 Å². The maximum atomic E-state index is 12.6. The highest BCUT2D eigenvalue weighted by Crippen LogP contribution is 2.29. The summed E-state index contributed by atoms with van der Waals surface area (Å²) in [4.78, 5) is 30.4. The molecular formula is C18H16ClN5O2. The third-order valence-corrected chi connectivity index (χ3v) is 3.88. The lowest BCUT2D eigenvalue weighted by Gasteiger charge is -2.20. The van der Waals surface area contributed by atoms with E-state index in [4.69, 9.17) is 11.8 Å². The molecule has 3 aromatic rings. The minimum atomic E-state index is -0.559. The Labute approximate surface area is 155 Å². The Bertz CT molecular complexity index is 912. The number of amides is 3. The maximum absolute atomic E-state index is 12.6. The number of hydrogen-bond donors (Lipinski definition) is 1. The van der Waals surface area contributed by atoms with Crippen LogP contribution in [0.15, 0.2) is 61.1 Å². The van der Waals surface area contributed by atoms with Crippen molar-refractivity contribution in [1.82, 2.24) is 19.6 Å². The molecule has 0 saturated heterocycles. The van der Waals surface area contributed by atoms with Gasteiger partial charge in [-0.3, -0.25) is 20.0 Å². The van der Waals surface area contributed by atoms with Gasteiger partial charge in [-0.25, -0.2) is 4.79 Å². The van der Waals surface area contributed by atoms with Crippen LogP contribution in [0, 0.1) is 0 Å². The van der Waals surface area contributed by atoms with Crippen LogP contribution in [0.5, 0.6) is 0 Å². The van der Waals surface area contributed by atoms with Crippen molar-refractivity contribution in [3.05, 3.63) is 66.6 Å². The number of carbonyl (C=O) groups is 2. The summed E-state index contributed by atoms with van der Waals surface area (Å²) in [6.45, 7) is 2.12. The van der Waals surface area contributed by atoms with Crippen LogP contribution in [-0.4, -0.2) is 32.8 Å². The first-order valence-corrected chi connectivity index (χ1v) is 8.28. The SMILES string of the molecule is CCN(C(=O)NC(=O)c1ccccc1)c1cn(Cl)nc1-c1cccnc1. The van der Waals surface area contributed by atoms with Gasteiger partial charge < -0.3 is 0 Å². The molecule has 2 aromatic heterocycles. The Hall–Kier alpha value is -3.19. The van der Waals surface area contributed by atoms with E-state index in [1.807, 2.05) is 6.07 Å². The third kappa shape index (κ3) is 3.73. The molecule has 0 aliphatic carbocycles. The topological polar surface area (TPSA) is 80.1 Å². The second-order valence-electron chi connectivity index (χ2n) is 5.36. The Morgan fingerprint density at radius 1 is 1.19 bits per heavy atom. The smallest absolute Gasteiger partial charge is 0.291 e. The van der Waals surface area contributed by atoms with Gasteiger partial charge >= 0.3 is 6.03 Å². The quantitative estimate of drug-likeness (QED) is 0.765. The molecule has 0 fully saturated rings. The molecule has 0 aliphatic rings.